The Morgan fingerprint density at radius 1 is 1.35 bits per heavy atom. The molecule has 6 nitrogen and oxygen atoms in total. The third kappa shape index (κ3) is 4.87. The van der Waals surface area contributed by atoms with Crippen LogP contribution in [0.4, 0.5) is 10.5 Å². The van der Waals surface area contributed by atoms with Gasteiger partial charge in [-0.3, -0.25) is 9.78 Å². The molecule has 0 spiro atoms. The Hall–Kier alpha value is -2.11. The van der Waals surface area contributed by atoms with Crippen LogP contribution in [0.25, 0.3) is 0 Å². The molecule has 6 heteroatoms. The summed E-state index contributed by atoms with van der Waals surface area (Å²) in [5, 5.41) is 11.5. The highest BCUT2D eigenvalue weighted by molar-refractivity contribution is 5.90. The van der Waals surface area contributed by atoms with Gasteiger partial charge < -0.3 is 15.3 Å². The van der Waals surface area contributed by atoms with E-state index in [0.717, 1.165) is 5.56 Å². The molecule has 0 saturated heterocycles. The number of urea groups is 1. The van der Waals surface area contributed by atoms with Gasteiger partial charge in [0.15, 0.2) is 0 Å². The Morgan fingerprint density at radius 3 is 2.50 bits per heavy atom. The first-order valence-electron chi connectivity index (χ1n) is 6.42. The molecule has 1 heterocycles. The number of aliphatic carboxylic acids is 1. The van der Waals surface area contributed by atoms with Gasteiger partial charge in [0, 0.05) is 18.3 Å². The second kappa shape index (κ2) is 6.36. The number of pyridine rings is 1. The standard InChI is InChI=1S/C14H21N3O3/c1-10-7-11(9-15-8-10)16-13(20)17(14(2,3)4)6-5-12(18)19/h7-9H,5-6H2,1-4H3,(H,16,20)(H,18,19). The quantitative estimate of drug-likeness (QED) is 0.887. The second-order valence-corrected chi connectivity index (χ2v) is 5.65. The normalized spacial score (nSPS) is 11.0. The van der Waals surface area contributed by atoms with Crippen molar-refractivity contribution in [3.63, 3.8) is 0 Å². The minimum Gasteiger partial charge on any atom is -0.481 e. The van der Waals surface area contributed by atoms with Gasteiger partial charge in [-0.2, -0.15) is 0 Å². The number of nitrogens with zero attached hydrogens (tertiary/aromatic N) is 2. The molecule has 20 heavy (non-hydrogen) atoms. The van der Waals surface area contributed by atoms with E-state index in [0.29, 0.717) is 5.69 Å². The number of carboxylic acid groups (broad SMARTS) is 1. The molecule has 0 unspecified atom stereocenters. The molecule has 0 bridgehead atoms. The average Bonchev–Trinajstić information content (AvgIpc) is 2.26. The van der Waals surface area contributed by atoms with E-state index in [9.17, 15) is 9.59 Å². The van der Waals surface area contributed by atoms with Gasteiger partial charge >= 0.3 is 12.0 Å². The maximum atomic E-state index is 12.3. The molecular weight excluding hydrogens is 258 g/mol. The largest absolute Gasteiger partial charge is 0.481 e. The topological polar surface area (TPSA) is 82.5 Å². The molecule has 0 atom stereocenters. The number of hydrogen-bond acceptors (Lipinski definition) is 3. The third-order valence-electron chi connectivity index (χ3n) is 2.73. The molecule has 2 amide bonds. The van der Waals surface area contributed by atoms with Crippen LogP contribution >= 0.6 is 0 Å². The summed E-state index contributed by atoms with van der Waals surface area (Å²) in [6.07, 6.45) is 3.17. The van der Waals surface area contributed by atoms with Crippen LogP contribution < -0.4 is 5.32 Å². The lowest BCUT2D eigenvalue weighted by atomic mass is 10.1. The fraction of sp³-hybridized carbons (Fsp3) is 0.500. The van der Waals surface area contributed by atoms with Crippen LogP contribution in [0, 0.1) is 6.92 Å². The summed E-state index contributed by atoms with van der Waals surface area (Å²) in [6, 6.07) is 1.48. The van der Waals surface area contributed by atoms with E-state index in [1.807, 2.05) is 33.8 Å². The van der Waals surface area contributed by atoms with Gasteiger partial charge in [0.25, 0.3) is 0 Å². The average molecular weight is 279 g/mol. The fourth-order valence-electron chi connectivity index (χ4n) is 1.76. The Kier molecular flexibility index (Phi) is 5.07. The van der Waals surface area contributed by atoms with Crippen molar-refractivity contribution in [1.82, 2.24) is 9.88 Å². The number of aromatic nitrogens is 1. The number of aryl methyl sites for hydroxylation is 1. The summed E-state index contributed by atoms with van der Waals surface area (Å²) in [5.41, 5.74) is 1.08. The van der Waals surface area contributed by atoms with Crippen molar-refractivity contribution in [2.24, 2.45) is 0 Å². The summed E-state index contributed by atoms with van der Waals surface area (Å²) in [4.78, 5) is 28.5. The monoisotopic (exact) mass is 279 g/mol. The van der Waals surface area contributed by atoms with Crippen LogP contribution in [0.5, 0.6) is 0 Å². The highest BCUT2D eigenvalue weighted by atomic mass is 16.4. The Balaban J connectivity index is 2.80. The molecule has 2 N–H and O–H groups in total. The molecule has 1 rings (SSSR count). The predicted molar refractivity (Wildman–Crippen MR) is 76.7 cm³/mol. The first-order valence-corrected chi connectivity index (χ1v) is 6.42. The van der Waals surface area contributed by atoms with Crippen molar-refractivity contribution in [1.29, 1.82) is 0 Å². The number of carboxylic acids is 1. The van der Waals surface area contributed by atoms with Crippen molar-refractivity contribution in [3.8, 4) is 0 Å². The molecule has 0 radical (unpaired) electrons. The van der Waals surface area contributed by atoms with Crippen LogP contribution in [0.2, 0.25) is 0 Å². The third-order valence-corrected chi connectivity index (χ3v) is 2.73. The zero-order valence-electron chi connectivity index (χ0n) is 12.3. The van der Waals surface area contributed by atoms with Crippen LogP contribution in [-0.4, -0.2) is 39.1 Å². The van der Waals surface area contributed by atoms with Gasteiger partial charge in [0.05, 0.1) is 18.3 Å². The maximum absolute atomic E-state index is 12.3. The van der Waals surface area contributed by atoms with E-state index in [4.69, 9.17) is 5.11 Å². The van der Waals surface area contributed by atoms with E-state index in [2.05, 4.69) is 10.3 Å². The zero-order chi connectivity index (χ0) is 15.3. The predicted octanol–water partition coefficient (Wildman–Crippen LogP) is 2.50. The van der Waals surface area contributed by atoms with Crippen LogP contribution in [0.3, 0.4) is 0 Å². The second-order valence-electron chi connectivity index (χ2n) is 5.65. The number of rotatable bonds is 4. The molecule has 0 saturated carbocycles. The Morgan fingerprint density at radius 2 is 2.00 bits per heavy atom. The number of amides is 2. The number of carbonyl (C=O) groups is 2. The van der Waals surface area contributed by atoms with E-state index in [1.165, 1.54) is 4.90 Å². The lowest BCUT2D eigenvalue weighted by molar-refractivity contribution is -0.137. The molecule has 0 aromatic carbocycles. The zero-order valence-corrected chi connectivity index (χ0v) is 12.3. The minimum absolute atomic E-state index is 0.0866. The summed E-state index contributed by atoms with van der Waals surface area (Å²) in [7, 11) is 0. The Bertz CT molecular complexity index is 495. The van der Waals surface area contributed by atoms with Crippen molar-refractivity contribution >= 4 is 17.7 Å². The van der Waals surface area contributed by atoms with Crippen LogP contribution in [-0.2, 0) is 4.79 Å². The van der Waals surface area contributed by atoms with E-state index >= 15 is 0 Å². The summed E-state index contributed by atoms with van der Waals surface area (Å²) >= 11 is 0. The molecular formula is C14H21N3O3. The molecule has 0 aliphatic carbocycles. The molecule has 0 aliphatic rings. The van der Waals surface area contributed by atoms with E-state index < -0.39 is 11.5 Å². The SMILES string of the molecule is Cc1cncc(NC(=O)N(CCC(=O)O)C(C)(C)C)c1. The van der Waals surface area contributed by atoms with Gasteiger partial charge in [-0.05, 0) is 39.3 Å². The molecule has 0 aliphatic heterocycles. The Labute approximate surface area is 118 Å². The van der Waals surface area contributed by atoms with Gasteiger partial charge in [0.2, 0.25) is 0 Å². The van der Waals surface area contributed by atoms with E-state index in [1.54, 1.807) is 12.4 Å². The van der Waals surface area contributed by atoms with Gasteiger partial charge in [0.1, 0.15) is 0 Å². The van der Waals surface area contributed by atoms with Crippen molar-refractivity contribution in [2.75, 3.05) is 11.9 Å². The van der Waals surface area contributed by atoms with Gasteiger partial charge in [-0.1, -0.05) is 0 Å². The summed E-state index contributed by atoms with van der Waals surface area (Å²) in [6.45, 7) is 7.63. The van der Waals surface area contributed by atoms with Crippen LogP contribution in [0.15, 0.2) is 18.5 Å². The smallest absolute Gasteiger partial charge is 0.322 e. The number of anilines is 1. The van der Waals surface area contributed by atoms with Crippen LogP contribution in [0.1, 0.15) is 32.8 Å². The lowest BCUT2D eigenvalue weighted by Crippen LogP contribution is -2.48. The number of nitrogens with one attached hydrogen (secondary N) is 1. The first kappa shape index (κ1) is 15.9. The van der Waals surface area contributed by atoms with Gasteiger partial charge in [-0.15, -0.1) is 0 Å². The minimum atomic E-state index is -0.927. The number of hydrogen-bond donors (Lipinski definition) is 2. The van der Waals surface area contributed by atoms with Crippen molar-refractivity contribution < 1.29 is 14.7 Å². The molecule has 110 valence electrons. The molecule has 1 aromatic heterocycles. The molecule has 1 aromatic rings. The lowest BCUT2D eigenvalue weighted by Gasteiger charge is -2.35. The first-order chi connectivity index (χ1) is 9.20. The van der Waals surface area contributed by atoms with Crippen molar-refractivity contribution in [2.45, 2.75) is 39.7 Å². The highest BCUT2D eigenvalue weighted by Gasteiger charge is 2.26. The maximum Gasteiger partial charge on any atom is 0.322 e. The number of carbonyl (C=O) groups excluding carboxylic acids is 1. The highest BCUT2D eigenvalue weighted by Crippen LogP contribution is 2.16. The van der Waals surface area contributed by atoms with Gasteiger partial charge in [-0.25, -0.2) is 4.79 Å². The fourth-order valence-corrected chi connectivity index (χ4v) is 1.76. The molecule has 0 fully saturated rings. The summed E-state index contributed by atoms with van der Waals surface area (Å²) in [5.74, 6) is -0.927. The van der Waals surface area contributed by atoms with Crippen molar-refractivity contribution in [3.05, 3.63) is 24.0 Å². The van der Waals surface area contributed by atoms with E-state index in [-0.39, 0.29) is 19.0 Å². The summed E-state index contributed by atoms with van der Waals surface area (Å²) < 4.78 is 0.